The topological polar surface area (TPSA) is 35.2 Å². The highest BCUT2D eigenvalue weighted by Gasteiger charge is 2.27. The van der Waals surface area contributed by atoms with Crippen LogP contribution in [0.3, 0.4) is 0 Å². The zero-order valence-corrected chi connectivity index (χ0v) is 12.3. The molecule has 4 heteroatoms. The van der Waals surface area contributed by atoms with Crippen molar-refractivity contribution >= 4 is 11.6 Å². The highest BCUT2D eigenvalue weighted by molar-refractivity contribution is 6.30. The Morgan fingerprint density at radius 1 is 1.29 bits per heavy atom. The zero-order chi connectivity index (χ0) is 14.8. The third kappa shape index (κ3) is 3.10. The molecule has 0 aliphatic carbocycles. The zero-order valence-electron chi connectivity index (χ0n) is 11.6. The van der Waals surface area contributed by atoms with E-state index in [4.69, 9.17) is 22.1 Å². The quantitative estimate of drug-likeness (QED) is 0.939. The summed E-state index contributed by atoms with van der Waals surface area (Å²) in [5.41, 5.74) is 9.23. The van der Waals surface area contributed by atoms with Crippen molar-refractivity contribution in [1.82, 2.24) is 0 Å². The molecule has 2 N–H and O–H groups in total. The van der Waals surface area contributed by atoms with Gasteiger partial charge in [0.25, 0.3) is 0 Å². The van der Waals surface area contributed by atoms with Crippen molar-refractivity contribution in [3.05, 3.63) is 70.0 Å². The van der Waals surface area contributed by atoms with Crippen molar-refractivity contribution in [1.29, 1.82) is 0 Å². The molecule has 21 heavy (non-hydrogen) atoms. The smallest absolute Gasteiger partial charge is 0.127 e. The maximum Gasteiger partial charge on any atom is 0.127 e. The Bertz CT molecular complexity index is 646. The van der Waals surface area contributed by atoms with E-state index in [9.17, 15) is 4.39 Å². The highest BCUT2D eigenvalue weighted by Crippen LogP contribution is 2.30. The third-order valence-electron chi connectivity index (χ3n) is 3.89. The summed E-state index contributed by atoms with van der Waals surface area (Å²) in [5.74, 6) is -0.318. The van der Waals surface area contributed by atoms with Gasteiger partial charge in [0.1, 0.15) is 5.82 Å². The molecule has 1 aliphatic heterocycles. The molecule has 0 saturated carbocycles. The molecule has 0 radical (unpaired) electrons. The van der Waals surface area contributed by atoms with Crippen LogP contribution in [0.15, 0.2) is 42.5 Å². The Labute approximate surface area is 128 Å². The Morgan fingerprint density at radius 3 is 2.90 bits per heavy atom. The van der Waals surface area contributed by atoms with Gasteiger partial charge in [-0.05, 0) is 41.7 Å². The molecule has 0 aromatic heterocycles. The number of fused-ring (bicyclic) bond motifs is 1. The summed E-state index contributed by atoms with van der Waals surface area (Å²) < 4.78 is 19.7. The number of halogens is 2. The van der Waals surface area contributed by atoms with E-state index in [0.29, 0.717) is 23.6 Å². The number of rotatable bonds is 3. The van der Waals surface area contributed by atoms with Crippen LogP contribution >= 0.6 is 11.6 Å². The molecular formula is C17H17ClFNO. The molecule has 3 rings (SSSR count). The van der Waals surface area contributed by atoms with Gasteiger partial charge < -0.3 is 10.5 Å². The van der Waals surface area contributed by atoms with Crippen LogP contribution in [0.25, 0.3) is 0 Å². The number of hydrogen-bond donors (Lipinski definition) is 1. The molecule has 1 aliphatic rings. The SMILES string of the molecule is NC(Cc1ccc(Cl)cc1F)C1OCCc2ccccc21. The molecule has 2 unspecified atom stereocenters. The molecule has 0 saturated heterocycles. The molecule has 2 nitrogen and oxygen atoms in total. The van der Waals surface area contributed by atoms with E-state index in [1.807, 2.05) is 18.2 Å². The first kappa shape index (κ1) is 14.5. The maximum atomic E-state index is 13.9. The van der Waals surface area contributed by atoms with Crippen molar-refractivity contribution in [2.75, 3.05) is 6.61 Å². The normalized spacial score (nSPS) is 19.1. The molecular weight excluding hydrogens is 289 g/mol. The Morgan fingerprint density at radius 2 is 2.10 bits per heavy atom. The van der Waals surface area contributed by atoms with Gasteiger partial charge in [0, 0.05) is 11.1 Å². The monoisotopic (exact) mass is 305 g/mol. The van der Waals surface area contributed by atoms with Crippen LogP contribution < -0.4 is 5.73 Å². The van der Waals surface area contributed by atoms with Crippen LogP contribution in [-0.2, 0) is 17.6 Å². The van der Waals surface area contributed by atoms with Gasteiger partial charge in [0.15, 0.2) is 0 Å². The van der Waals surface area contributed by atoms with E-state index >= 15 is 0 Å². The summed E-state index contributed by atoms with van der Waals surface area (Å²) in [6.45, 7) is 0.651. The van der Waals surface area contributed by atoms with E-state index in [0.717, 1.165) is 12.0 Å². The van der Waals surface area contributed by atoms with E-state index in [-0.39, 0.29) is 18.0 Å². The van der Waals surface area contributed by atoms with Gasteiger partial charge in [0.05, 0.1) is 12.7 Å². The fraction of sp³-hybridized carbons (Fsp3) is 0.294. The molecule has 110 valence electrons. The fourth-order valence-corrected chi connectivity index (χ4v) is 2.99. The maximum absolute atomic E-state index is 13.9. The van der Waals surface area contributed by atoms with Gasteiger partial charge in [-0.25, -0.2) is 4.39 Å². The first-order chi connectivity index (χ1) is 10.1. The van der Waals surface area contributed by atoms with Crippen molar-refractivity contribution in [2.45, 2.75) is 25.0 Å². The molecule has 2 aromatic rings. The van der Waals surface area contributed by atoms with Crippen LogP contribution in [0, 0.1) is 5.82 Å². The second kappa shape index (κ2) is 6.14. The summed E-state index contributed by atoms with van der Waals surface area (Å²) >= 11 is 5.77. The van der Waals surface area contributed by atoms with Crippen LogP contribution in [0.5, 0.6) is 0 Å². The van der Waals surface area contributed by atoms with E-state index < -0.39 is 0 Å². The first-order valence-corrected chi connectivity index (χ1v) is 7.42. The average molecular weight is 306 g/mol. The van der Waals surface area contributed by atoms with Crippen molar-refractivity contribution in [3.8, 4) is 0 Å². The second-order valence-electron chi connectivity index (χ2n) is 5.34. The highest BCUT2D eigenvalue weighted by atomic mass is 35.5. The minimum Gasteiger partial charge on any atom is -0.372 e. The van der Waals surface area contributed by atoms with E-state index in [1.165, 1.54) is 11.6 Å². The van der Waals surface area contributed by atoms with Crippen LogP contribution in [0.4, 0.5) is 4.39 Å². The molecule has 0 spiro atoms. The predicted molar refractivity (Wildman–Crippen MR) is 81.9 cm³/mol. The number of benzene rings is 2. The summed E-state index contributed by atoms with van der Waals surface area (Å²) in [6, 6.07) is 12.5. The standard InChI is InChI=1S/C17H17ClFNO/c18-13-6-5-12(15(19)10-13)9-16(20)17-14-4-2-1-3-11(14)7-8-21-17/h1-6,10,16-17H,7-9,20H2. The van der Waals surface area contributed by atoms with Crippen molar-refractivity contribution in [3.63, 3.8) is 0 Å². The van der Waals surface area contributed by atoms with Crippen LogP contribution in [-0.4, -0.2) is 12.6 Å². The molecule has 0 amide bonds. The molecule has 1 heterocycles. The minimum atomic E-state index is -0.318. The van der Waals surface area contributed by atoms with Gasteiger partial charge in [-0.15, -0.1) is 0 Å². The molecule has 0 fully saturated rings. The van der Waals surface area contributed by atoms with Gasteiger partial charge in [-0.3, -0.25) is 0 Å². The predicted octanol–water partition coefficient (Wildman–Crippen LogP) is 3.66. The summed E-state index contributed by atoms with van der Waals surface area (Å²) in [7, 11) is 0. The largest absolute Gasteiger partial charge is 0.372 e. The van der Waals surface area contributed by atoms with Crippen molar-refractivity contribution < 1.29 is 9.13 Å². The van der Waals surface area contributed by atoms with E-state index in [2.05, 4.69) is 6.07 Å². The summed E-state index contributed by atoms with van der Waals surface area (Å²) in [5, 5.41) is 0.393. The van der Waals surface area contributed by atoms with Gasteiger partial charge in [-0.1, -0.05) is 41.9 Å². The molecule has 0 bridgehead atoms. The number of ether oxygens (including phenoxy) is 1. The van der Waals surface area contributed by atoms with Gasteiger partial charge >= 0.3 is 0 Å². The van der Waals surface area contributed by atoms with Crippen LogP contribution in [0.1, 0.15) is 22.8 Å². The third-order valence-corrected chi connectivity index (χ3v) is 4.13. The first-order valence-electron chi connectivity index (χ1n) is 7.04. The lowest BCUT2D eigenvalue weighted by atomic mass is 9.90. The number of hydrogen-bond acceptors (Lipinski definition) is 2. The lowest BCUT2D eigenvalue weighted by Gasteiger charge is -2.30. The Balaban J connectivity index is 1.81. The number of nitrogens with two attached hydrogens (primary N) is 1. The van der Waals surface area contributed by atoms with E-state index in [1.54, 1.807) is 12.1 Å². The lowest BCUT2D eigenvalue weighted by molar-refractivity contribution is 0.0245. The Kier molecular flexibility index (Phi) is 4.24. The lowest BCUT2D eigenvalue weighted by Crippen LogP contribution is -2.35. The van der Waals surface area contributed by atoms with Crippen LogP contribution in [0.2, 0.25) is 5.02 Å². The Hall–Kier alpha value is -1.42. The average Bonchev–Trinajstić information content (AvgIpc) is 2.49. The fourth-order valence-electron chi connectivity index (χ4n) is 2.83. The van der Waals surface area contributed by atoms with Gasteiger partial charge in [-0.2, -0.15) is 0 Å². The second-order valence-corrected chi connectivity index (χ2v) is 5.78. The van der Waals surface area contributed by atoms with Crippen molar-refractivity contribution in [2.24, 2.45) is 5.73 Å². The molecule has 2 aromatic carbocycles. The summed E-state index contributed by atoms with van der Waals surface area (Å²) in [4.78, 5) is 0. The molecule has 2 atom stereocenters. The minimum absolute atomic E-state index is 0.190. The summed E-state index contributed by atoms with van der Waals surface area (Å²) in [6.07, 6.45) is 1.13. The van der Waals surface area contributed by atoms with Gasteiger partial charge in [0.2, 0.25) is 0 Å².